The molecule has 0 spiro atoms. The van der Waals surface area contributed by atoms with Gasteiger partial charge in [0.05, 0.1) is 0 Å². The monoisotopic (exact) mass is 260 g/mol. The second-order valence-electron chi connectivity index (χ2n) is 2.64. The summed E-state index contributed by atoms with van der Waals surface area (Å²) in [5.74, 6) is -0.381. The molecule has 1 aromatic rings. The topological polar surface area (TPSA) is 26.3 Å². The molecule has 0 aliphatic heterocycles. The SMILES string of the molecule is C=C(C)C(=O)Oc1cc(Br)c(C)s1. The molecular formula is C9H9BrO2S. The molecule has 0 atom stereocenters. The third-order valence-electron chi connectivity index (χ3n) is 1.38. The largest absolute Gasteiger partial charge is 0.412 e. The lowest BCUT2D eigenvalue weighted by molar-refractivity contribution is -0.129. The van der Waals surface area contributed by atoms with Crippen LogP contribution in [0.5, 0.6) is 5.06 Å². The smallest absolute Gasteiger partial charge is 0.339 e. The maximum atomic E-state index is 11.1. The predicted molar refractivity (Wildman–Crippen MR) is 57.2 cm³/mol. The van der Waals surface area contributed by atoms with E-state index in [1.54, 1.807) is 13.0 Å². The van der Waals surface area contributed by atoms with Crippen molar-refractivity contribution in [3.8, 4) is 5.06 Å². The third kappa shape index (κ3) is 2.67. The van der Waals surface area contributed by atoms with Crippen LogP contribution in [0.15, 0.2) is 22.7 Å². The van der Waals surface area contributed by atoms with E-state index in [2.05, 4.69) is 22.5 Å². The van der Waals surface area contributed by atoms with E-state index in [1.807, 2.05) is 6.92 Å². The van der Waals surface area contributed by atoms with Crippen molar-refractivity contribution in [3.63, 3.8) is 0 Å². The van der Waals surface area contributed by atoms with Gasteiger partial charge >= 0.3 is 5.97 Å². The van der Waals surface area contributed by atoms with Crippen LogP contribution in [0.25, 0.3) is 0 Å². The maximum Gasteiger partial charge on any atom is 0.339 e. The molecule has 0 fully saturated rings. The Morgan fingerprint density at radius 1 is 1.69 bits per heavy atom. The molecule has 0 bridgehead atoms. The fourth-order valence-corrected chi connectivity index (χ4v) is 2.02. The van der Waals surface area contributed by atoms with Crippen LogP contribution in [0.2, 0.25) is 0 Å². The zero-order valence-corrected chi connectivity index (χ0v) is 9.79. The van der Waals surface area contributed by atoms with Crippen molar-refractivity contribution in [3.05, 3.63) is 27.6 Å². The lowest BCUT2D eigenvalue weighted by atomic mass is 10.4. The van der Waals surface area contributed by atoms with Crippen LogP contribution in [0.4, 0.5) is 0 Å². The minimum Gasteiger partial charge on any atom is -0.412 e. The van der Waals surface area contributed by atoms with Crippen LogP contribution in [0.1, 0.15) is 11.8 Å². The van der Waals surface area contributed by atoms with Crippen molar-refractivity contribution >= 4 is 33.2 Å². The zero-order chi connectivity index (χ0) is 10.0. The van der Waals surface area contributed by atoms with E-state index < -0.39 is 0 Å². The first kappa shape index (κ1) is 10.5. The van der Waals surface area contributed by atoms with Gasteiger partial charge in [-0.15, -0.1) is 11.3 Å². The second-order valence-corrected chi connectivity index (χ2v) is 4.71. The molecular weight excluding hydrogens is 252 g/mol. The maximum absolute atomic E-state index is 11.1. The molecule has 0 radical (unpaired) electrons. The van der Waals surface area contributed by atoms with Gasteiger partial charge in [0.15, 0.2) is 5.06 Å². The highest BCUT2D eigenvalue weighted by Crippen LogP contribution is 2.32. The number of carbonyl (C=O) groups is 1. The number of thiophene rings is 1. The Morgan fingerprint density at radius 2 is 2.31 bits per heavy atom. The first-order chi connectivity index (χ1) is 6.00. The average molecular weight is 261 g/mol. The average Bonchev–Trinajstić information content (AvgIpc) is 2.31. The molecule has 70 valence electrons. The van der Waals surface area contributed by atoms with Crippen LogP contribution in [-0.2, 0) is 4.79 Å². The predicted octanol–water partition coefficient (Wildman–Crippen LogP) is 3.30. The highest BCUT2D eigenvalue weighted by molar-refractivity contribution is 9.10. The number of esters is 1. The van der Waals surface area contributed by atoms with Gasteiger partial charge in [0.1, 0.15) is 0 Å². The Balaban J connectivity index is 2.75. The van der Waals surface area contributed by atoms with E-state index in [1.165, 1.54) is 11.3 Å². The van der Waals surface area contributed by atoms with E-state index in [0.29, 0.717) is 10.6 Å². The quantitative estimate of drug-likeness (QED) is 0.603. The van der Waals surface area contributed by atoms with Gasteiger partial charge in [0.2, 0.25) is 0 Å². The van der Waals surface area contributed by atoms with E-state index in [9.17, 15) is 4.79 Å². The van der Waals surface area contributed by atoms with Crippen molar-refractivity contribution in [1.29, 1.82) is 0 Å². The molecule has 0 aromatic carbocycles. The third-order valence-corrected chi connectivity index (χ3v) is 3.39. The molecule has 0 unspecified atom stereocenters. The summed E-state index contributed by atoms with van der Waals surface area (Å²) in [4.78, 5) is 12.2. The van der Waals surface area contributed by atoms with Crippen molar-refractivity contribution in [1.82, 2.24) is 0 Å². The number of hydrogen-bond acceptors (Lipinski definition) is 3. The molecule has 1 heterocycles. The summed E-state index contributed by atoms with van der Waals surface area (Å²) in [5.41, 5.74) is 0.405. The Morgan fingerprint density at radius 3 is 2.69 bits per heavy atom. The molecule has 0 aliphatic rings. The van der Waals surface area contributed by atoms with Gasteiger partial charge < -0.3 is 4.74 Å². The van der Waals surface area contributed by atoms with E-state index in [0.717, 1.165) is 9.35 Å². The Labute approximate surface area is 89.3 Å². The highest BCUT2D eigenvalue weighted by atomic mass is 79.9. The molecule has 4 heteroatoms. The van der Waals surface area contributed by atoms with Gasteiger partial charge in [-0.25, -0.2) is 4.79 Å². The minimum atomic E-state index is -0.381. The molecule has 0 saturated carbocycles. The number of aryl methyl sites for hydroxylation is 1. The zero-order valence-electron chi connectivity index (χ0n) is 7.39. The van der Waals surface area contributed by atoms with Gasteiger partial charge in [-0.05, 0) is 29.8 Å². The van der Waals surface area contributed by atoms with Crippen LogP contribution in [-0.4, -0.2) is 5.97 Å². The molecule has 1 rings (SSSR count). The first-order valence-corrected chi connectivity index (χ1v) is 5.25. The summed E-state index contributed by atoms with van der Waals surface area (Å²) in [7, 11) is 0. The normalized spacial score (nSPS) is 9.77. The van der Waals surface area contributed by atoms with E-state index >= 15 is 0 Å². The fourth-order valence-electron chi connectivity index (χ4n) is 0.663. The highest BCUT2D eigenvalue weighted by Gasteiger charge is 2.09. The summed E-state index contributed by atoms with van der Waals surface area (Å²) >= 11 is 4.77. The van der Waals surface area contributed by atoms with Gasteiger partial charge in [-0.3, -0.25) is 0 Å². The summed E-state index contributed by atoms with van der Waals surface area (Å²) in [5, 5.41) is 0.595. The molecule has 2 nitrogen and oxygen atoms in total. The molecule has 13 heavy (non-hydrogen) atoms. The second kappa shape index (κ2) is 4.07. The van der Waals surface area contributed by atoms with Gasteiger partial charge in [-0.2, -0.15) is 0 Å². The van der Waals surface area contributed by atoms with Gasteiger partial charge in [-0.1, -0.05) is 6.58 Å². The fraction of sp³-hybridized carbons (Fsp3) is 0.222. The number of hydrogen-bond donors (Lipinski definition) is 0. The molecule has 0 amide bonds. The summed E-state index contributed by atoms with van der Waals surface area (Å²) in [6, 6.07) is 1.78. The van der Waals surface area contributed by atoms with Crippen LogP contribution >= 0.6 is 27.3 Å². The van der Waals surface area contributed by atoms with Crippen molar-refractivity contribution in [2.24, 2.45) is 0 Å². The Bertz CT molecular complexity index is 335. The number of halogens is 1. The van der Waals surface area contributed by atoms with Crippen LogP contribution < -0.4 is 4.74 Å². The van der Waals surface area contributed by atoms with Gasteiger partial charge in [0.25, 0.3) is 0 Å². The number of ether oxygens (including phenoxy) is 1. The first-order valence-electron chi connectivity index (χ1n) is 3.64. The minimum absolute atomic E-state index is 0.381. The van der Waals surface area contributed by atoms with Crippen LogP contribution in [0, 0.1) is 6.92 Å². The molecule has 0 N–H and O–H groups in total. The van der Waals surface area contributed by atoms with E-state index in [4.69, 9.17) is 4.74 Å². The number of carbonyl (C=O) groups excluding carboxylic acids is 1. The summed E-state index contributed by atoms with van der Waals surface area (Å²) < 4.78 is 5.99. The summed E-state index contributed by atoms with van der Waals surface area (Å²) in [6.45, 7) is 7.07. The standard InChI is InChI=1S/C9H9BrO2S/c1-5(2)9(11)12-8-4-7(10)6(3)13-8/h4H,1H2,2-3H3. The Hall–Kier alpha value is -0.610. The summed E-state index contributed by atoms with van der Waals surface area (Å²) in [6.07, 6.45) is 0. The van der Waals surface area contributed by atoms with Crippen LogP contribution in [0.3, 0.4) is 0 Å². The van der Waals surface area contributed by atoms with Crippen molar-refractivity contribution < 1.29 is 9.53 Å². The lowest BCUT2D eigenvalue weighted by Crippen LogP contribution is -2.06. The molecule has 0 saturated heterocycles. The molecule has 0 aliphatic carbocycles. The van der Waals surface area contributed by atoms with Crippen molar-refractivity contribution in [2.75, 3.05) is 0 Å². The van der Waals surface area contributed by atoms with E-state index in [-0.39, 0.29) is 5.97 Å². The molecule has 1 aromatic heterocycles. The van der Waals surface area contributed by atoms with Gasteiger partial charge in [0, 0.05) is 21.0 Å². The number of rotatable bonds is 2. The Kier molecular flexibility index (Phi) is 3.27. The lowest BCUT2D eigenvalue weighted by Gasteiger charge is -1.98. The van der Waals surface area contributed by atoms with Crippen molar-refractivity contribution in [2.45, 2.75) is 13.8 Å².